The van der Waals surface area contributed by atoms with Gasteiger partial charge in [0, 0.05) is 25.7 Å². The minimum Gasteiger partial charge on any atom is -0.481 e. The van der Waals surface area contributed by atoms with Gasteiger partial charge in [0.2, 0.25) is 0 Å². The maximum atomic E-state index is 12.9. The highest BCUT2D eigenvalue weighted by atomic mass is 16.5. The molecule has 1 unspecified atom stereocenters. The fourth-order valence-electron chi connectivity index (χ4n) is 4.82. The quantitative estimate of drug-likeness (QED) is 0.739. The molecule has 1 atom stereocenters. The van der Waals surface area contributed by atoms with Crippen LogP contribution in [0, 0.1) is 19.8 Å². The molecule has 1 fully saturated rings. The number of carbonyl (C=O) groups is 1. The number of benzene rings is 1. The van der Waals surface area contributed by atoms with E-state index < -0.39 is 6.10 Å². The van der Waals surface area contributed by atoms with Crippen molar-refractivity contribution in [3.63, 3.8) is 0 Å². The van der Waals surface area contributed by atoms with Crippen LogP contribution in [0.3, 0.4) is 0 Å². The second-order valence-corrected chi connectivity index (χ2v) is 9.20. The molecule has 0 spiro atoms. The SMILES string of the molecule is Cc1cc(C)cc(OC(C)C(=O)N2CCC(Cn3nc4c(cc3=O)CCCC4)CC2)c1. The molecule has 4 rings (SSSR count). The zero-order valence-corrected chi connectivity index (χ0v) is 18.9. The summed E-state index contributed by atoms with van der Waals surface area (Å²) in [6, 6.07) is 7.80. The zero-order valence-electron chi connectivity index (χ0n) is 18.9. The fraction of sp³-hybridized carbons (Fsp3) is 0.560. The number of rotatable bonds is 5. The van der Waals surface area contributed by atoms with E-state index in [2.05, 4.69) is 11.2 Å². The van der Waals surface area contributed by atoms with Crippen LogP contribution < -0.4 is 10.3 Å². The lowest BCUT2D eigenvalue weighted by Crippen LogP contribution is -2.45. The minimum atomic E-state index is -0.511. The first kappa shape index (κ1) is 21.6. The van der Waals surface area contributed by atoms with E-state index in [0.717, 1.165) is 66.7 Å². The van der Waals surface area contributed by atoms with E-state index in [9.17, 15) is 9.59 Å². The summed E-state index contributed by atoms with van der Waals surface area (Å²) in [4.78, 5) is 27.2. The van der Waals surface area contributed by atoms with Crippen molar-refractivity contribution in [2.75, 3.05) is 13.1 Å². The molecular formula is C25H33N3O3. The molecule has 0 saturated carbocycles. The predicted molar refractivity (Wildman–Crippen MR) is 120 cm³/mol. The van der Waals surface area contributed by atoms with Gasteiger partial charge in [-0.05, 0) is 94.0 Å². The van der Waals surface area contributed by atoms with Crippen molar-refractivity contribution in [2.45, 2.75) is 71.9 Å². The van der Waals surface area contributed by atoms with Crippen LogP contribution in [0.1, 0.15) is 55.0 Å². The van der Waals surface area contributed by atoms with E-state index in [-0.39, 0.29) is 11.5 Å². The number of fused-ring (bicyclic) bond motifs is 1. The topological polar surface area (TPSA) is 64.4 Å². The van der Waals surface area contributed by atoms with Gasteiger partial charge in [0.25, 0.3) is 11.5 Å². The predicted octanol–water partition coefficient (Wildman–Crippen LogP) is 3.45. The van der Waals surface area contributed by atoms with Gasteiger partial charge in [0.15, 0.2) is 6.10 Å². The molecule has 1 aromatic carbocycles. The molecule has 2 aliphatic rings. The molecule has 1 saturated heterocycles. The number of aryl methyl sites for hydroxylation is 4. The van der Waals surface area contributed by atoms with Gasteiger partial charge < -0.3 is 9.64 Å². The van der Waals surface area contributed by atoms with E-state index in [1.54, 1.807) is 10.7 Å². The van der Waals surface area contributed by atoms with E-state index in [1.807, 2.05) is 37.8 Å². The Morgan fingerprint density at radius 1 is 1.10 bits per heavy atom. The molecule has 1 aromatic heterocycles. The van der Waals surface area contributed by atoms with Crippen molar-refractivity contribution in [1.82, 2.24) is 14.7 Å². The Kier molecular flexibility index (Phi) is 6.44. The normalized spacial score (nSPS) is 17.8. The maximum absolute atomic E-state index is 12.9. The smallest absolute Gasteiger partial charge is 0.267 e. The number of carbonyl (C=O) groups excluding carboxylic acids is 1. The Morgan fingerprint density at radius 3 is 2.48 bits per heavy atom. The molecule has 2 heterocycles. The number of nitrogens with zero attached hydrogens (tertiary/aromatic N) is 3. The number of likely N-dealkylation sites (tertiary alicyclic amines) is 1. The van der Waals surface area contributed by atoms with Crippen LogP contribution in [0.15, 0.2) is 29.1 Å². The van der Waals surface area contributed by atoms with Crippen molar-refractivity contribution in [1.29, 1.82) is 0 Å². The number of aromatic nitrogens is 2. The molecule has 1 aliphatic carbocycles. The molecule has 1 aliphatic heterocycles. The highest BCUT2D eigenvalue weighted by molar-refractivity contribution is 5.81. The first-order valence-corrected chi connectivity index (χ1v) is 11.5. The fourth-order valence-corrected chi connectivity index (χ4v) is 4.82. The molecule has 0 radical (unpaired) electrons. The third kappa shape index (κ3) is 5.17. The van der Waals surface area contributed by atoms with Crippen molar-refractivity contribution in [3.8, 4) is 5.75 Å². The maximum Gasteiger partial charge on any atom is 0.267 e. The van der Waals surface area contributed by atoms with Crippen LogP contribution in [0.4, 0.5) is 0 Å². The second-order valence-electron chi connectivity index (χ2n) is 9.20. The lowest BCUT2D eigenvalue weighted by atomic mass is 9.95. The van der Waals surface area contributed by atoms with Gasteiger partial charge in [0.1, 0.15) is 5.75 Å². The highest BCUT2D eigenvalue weighted by Gasteiger charge is 2.28. The Hall–Kier alpha value is -2.63. The van der Waals surface area contributed by atoms with Crippen molar-refractivity contribution in [3.05, 3.63) is 57.0 Å². The molecule has 166 valence electrons. The Morgan fingerprint density at radius 2 is 1.77 bits per heavy atom. The standard InChI is InChI=1S/C25H33N3O3/c1-17-12-18(2)14-22(13-17)31-19(3)25(30)27-10-8-20(9-11-27)16-28-24(29)15-21-6-4-5-7-23(21)26-28/h12-15,19-20H,4-11,16H2,1-3H3. The molecule has 6 nitrogen and oxygen atoms in total. The van der Waals surface area contributed by atoms with E-state index >= 15 is 0 Å². The van der Waals surface area contributed by atoms with Gasteiger partial charge in [-0.1, -0.05) is 6.07 Å². The van der Waals surface area contributed by atoms with Crippen LogP contribution in [0.5, 0.6) is 5.75 Å². The summed E-state index contributed by atoms with van der Waals surface area (Å²) >= 11 is 0. The summed E-state index contributed by atoms with van der Waals surface area (Å²) in [5.41, 5.74) is 4.49. The first-order chi connectivity index (χ1) is 14.9. The third-order valence-electron chi connectivity index (χ3n) is 6.49. The summed E-state index contributed by atoms with van der Waals surface area (Å²) in [5, 5.41) is 4.65. The van der Waals surface area contributed by atoms with E-state index in [4.69, 9.17) is 4.74 Å². The number of piperidine rings is 1. The van der Waals surface area contributed by atoms with Gasteiger partial charge in [0.05, 0.1) is 5.69 Å². The summed E-state index contributed by atoms with van der Waals surface area (Å²) in [6.45, 7) is 7.92. The summed E-state index contributed by atoms with van der Waals surface area (Å²) in [5.74, 6) is 1.14. The third-order valence-corrected chi connectivity index (χ3v) is 6.49. The molecule has 31 heavy (non-hydrogen) atoms. The lowest BCUT2D eigenvalue weighted by molar-refractivity contribution is -0.139. The Balaban J connectivity index is 1.32. The van der Waals surface area contributed by atoms with Crippen LogP contribution in [-0.2, 0) is 24.2 Å². The zero-order chi connectivity index (χ0) is 22.0. The minimum absolute atomic E-state index is 0.00891. The van der Waals surface area contributed by atoms with Gasteiger partial charge >= 0.3 is 0 Å². The van der Waals surface area contributed by atoms with Crippen LogP contribution in [-0.4, -0.2) is 39.8 Å². The van der Waals surface area contributed by atoms with Crippen molar-refractivity contribution < 1.29 is 9.53 Å². The molecule has 0 N–H and O–H groups in total. The number of ether oxygens (including phenoxy) is 1. The summed E-state index contributed by atoms with van der Waals surface area (Å²) in [6.07, 6.45) is 5.50. The average Bonchev–Trinajstić information content (AvgIpc) is 2.73. The van der Waals surface area contributed by atoms with E-state index in [1.165, 1.54) is 0 Å². The first-order valence-electron chi connectivity index (χ1n) is 11.5. The largest absolute Gasteiger partial charge is 0.481 e. The van der Waals surface area contributed by atoms with Crippen molar-refractivity contribution in [2.24, 2.45) is 5.92 Å². The molecular weight excluding hydrogens is 390 g/mol. The van der Waals surface area contributed by atoms with Crippen LogP contribution in [0.2, 0.25) is 0 Å². The summed E-state index contributed by atoms with van der Waals surface area (Å²) < 4.78 is 7.59. The van der Waals surface area contributed by atoms with Crippen molar-refractivity contribution >= 4 is 5.91 Å². The van der Waals surface area contributed by atoms with Gasteiger partial charge in [-0.25, -0.2) is 4.68 Å². The molecule has 6 heteroatoms. The molecule has 0 bridgehead atoms. The van der Waals surface area contributed by atoms with Gasteiger partial charge in [-0.3, -0.25) is 9.59 Å². The Bertz CT molecular complexity index is 985. The second kappa shape index (κ2) is 9.25. The number of hydrogen-bond donors (Lipinski definition) is 0. The van der Waals surface area contributed by atoms with Crippen LogP contribution in [0.25, 0.3) is 0 Å². The van der Waals surface area contributed by atoms with Gasteiger partial charge in [-0.2, -0.15) is 5.10 Å². The average molecular weight is 424 g/mol. The summed E-state index contributed by atoms with van der Waals surface area (Å²) in [7, 11) is 0. The van der Waals surface area contributed by atoms with E-state index in [0.29, 0.717) is 25.6 Å². The molecule has 2 aromatic rings. The Labute approximate surface area is 184 Å². The molecule has 1 amide bonds. The highest BCUT2D eigenvalue weighted by Crippen LogP contribution is 2.22. The number of amides is 1. The van der Waals surface area contributed by atoms with Crippen LogP contribution >= 0.6 is 0 Å². The van der Waals surface area contributed by atoms with Gasteiger partial charge in [-0.15, -0.1) is 0 Å². The number of hydrogen-bond acceptors (Lipinski definition) is 4. The lowest BCUT2D eigenvalue weighted by Gasteiger charge is -2.33. The monoisotopic (exact) mass is 423 g/mol.